The average Bonchev–Trinajstić information content (AvgIpc) is 3.16. The summed E-state index contributed by atoms with van der Waals surface area (Å²) in [5.41, 5.74) is 1.57. The average molecular weight is 342 g/mol. The van der Waals surface area contributed by atoms with E-state index in [0.717, 1.165) is 62.9 Å². The van der Waals surface area contributed by atoms with Crippen molar-refractivity contribution in [2.75, 3.05) is 18.4 Å². The standard InChI is InChI=1S/C21H30N2O2/c1-16(2)19(24)22-18-10-8-17(9-11-18)21(12-4-3-5-13-21)20(25)23-14-6-7-15-23/h8-11,16H,3-7,12-15H2,1-2H3,(H,22,24). The van der Waals surface area contributed by atoms with E-state index >= 15 is 0 Å². The predicted molar refractivity (Wildman–Crippen MR) is 100 cm³/mol. The van der Waals surface area contributed by atoms with Gasteiger partial charge in [-0.05, 0) is 43.4 Å². The monoisotopic (exact) mass is 342 g/mol. The van der Waals surface area contributed by atoms with Crippen molar-refractivity contribution in [2.45, 2.75) is 64.2 Å². The van der Waals surface area contributed by atoms with E-state index in [1.54, 1.807) is 0 Å². The molecule has 1 aromatic rings. The molecule has 1 aliphatic carbocycles. The van der Waals surface area contributed by atoms with Crippen LogP contribution in [0.3, 0.4) is 0 Å². The van der Waals surface area contributed by atoms with Gasteiger partial charge >= 0.3 is 0 Å². The molecule has 2 amide bonds. The Bertz CT molecular complexity index is 609. The van der Waals surface area contributed by atoms with Crippen LogP contribution in [-0.4, -0.2) is 29.8 Å². The summed E-state index contributed by atoms with van der Waals surface area (Å²) in [6, 6.07) is 8.00. The summed E-state index contributed by atoms with van der Waals surface area (Å²) in [5.74, 6) is 0.304. The summed E-state index contributed by atoms with van der Waals surface area (Å²) in [7, 11) is 0. The van der Waals surface area contributed by atoms with Gasteiger partial charge in [0, 0.05) is 24.7 Å². The van der Waals surface area contributed by atoms with E-state index < -0.39 is 0 Å². The molecule has 1 saturated heterocycles. The van der Waals surface area contributed by atoms with Gasteiger partial charge in [0.1, 0.15) is 0 Å². The number of benzene rings is 1. The number of carbonyl (C=O) groups is 2. The molecule has 0 bridgehead atoms. The molecule has 25 heavy (non-hydrogen) atoms. The summed E-state index contributed by atoms with van der Waals surface area (Å²) in [6.45, 7) is 5.58. The summed E-state index contributed by atoms with van der Waals surface area (Å²) in [4.78, 5) is 27.3. The zero-order valence-corrected chi connectivity index (χ0v) is 15.5. The van der Waals surface area contributed by atoms with Crippen molar-refractivity contribution in [1.29, 1.82) is 0 Å². The topological polar surface area (TPSA) is 49.4 Å². The van der Waals surface area contributed by atoms with Crippen LogP contribution in [0.25, 0.3) is 0 Å². The summed E-state index contributed by atoms with van der Waals surface area (Å²) in [6.07, 6.45) is 7.60. The molecule has 1 heterocycles. The van der Waals surface area contributed by atoms with Crippen LogP contribution in [0.4, 0.5) is 5.69 Å². The maximum atomic E-state index is 13.3. The molecule has 0 radical (unpaired) electrons. The first-order valence-electron chi connectivity index (χ1n) is 9.74. The molecule has 4 nitrogen and oxygen atoms in total. The Hall–Kier alpha value is -1.84. The van der Waals surface area contributed by atoms with E-state index in [0.29, 0.717) is 5.91 Å². The van der Waals surface area contributed by atoms with Crippen molar-refractivity contribution in [1.82, 2.24) is 4.90 Å². The fourth-order valence-corrected chi connectivity index (χ4v) is 4.16. The first-order chi connectivity index (χ1) is 12.0. The van der Waals surface area contributed by atoms with Crippen LogP contribution in [0.15, 0.2) is 24.3 Å². The maximum absolute atomic E-state index is 13.3. The molecule has 136 valence electrons. The van der Waals surface area contributed by atoms with E-state index in [1.807, 2.05) is 26.0 Å². The summed E-state index contributed by atoms with van der Waals surface area (Å²) in [5, 5.41) is 2.93. The zero-order chi connectivity index (χ0) is 17.9. The van der Waals surface area contributed by atoms with E-state index in [9.17, 15) is 9.59 Å². The van der Waals surface area contributed by atoms with E-state index in [2.05, 4.69) is 22.3 Å². The van der Waals surface area contributed by atoms with Gasteiger partial charge in [-0.15, -0.1) is 0 Å². The minimum Gasteiger partial charge on any atom is -0.342 e. The Labute approximate surface area is 151 Å². The van der Waals surface area contributed by atoms with Crippen LogP contribution in [0, 0.1) is 5.92 Å². The predicted octanol–water partition coefficient (Wildman–Crippen LogP) is 4.11. The van der Waals surface area contributed by atoms with Gasteiger partial charge in [0.2, 0.25) is 11.8 Å². The van der Waals surface area contributed by atoms with Crippen LogP contribution in [0.5, 0.6) is 0 Å². The first kappa shape index (κ1) is 18.0. The van der Waals surface area contributed by atoms with Crippen molar-refractivity contribution in [2.24, 2.45) is 5.92 Å². The molecule has 0 unspecified atom stereocenters. The Kier molecular flexibility index (Phi) is 5.45. The van der Waals surface area contributed by atoms with Gasteiger partial charge in [-0.3, -0.25) is 9.59 Å². The number of likely N-dealkylation sites (tertiary alicyclic amines) is 1. The third-order valence-electron chi connectivity index (χ3n) is 5.74. The van der Waals surface area contributed by atoms with Gasteiger partial charge in [-0.2, -0.15) is 0 Å². The second-order valence-electron chi connectivity index (χ2n) is 7.86. The zero-order valence-electron chi connectivity index (χ0n) is 15.5. The van der Waals surface area contributed by atoms with Crippen molar-refractivity contribution in [3.63, 3.8) is 0 Å². The molecule has 4 heteroatoms. The third-order valence-corrected chi connectivity index (χ3v) is 5.74. The highest BCUT2D eigenvalue weighted by molar-refractivity contribution is 5.92. The fourth-order valence-electron chi connectivity index (χ4n) is 4.16. The molecule has 1 aliphatic heterocycles. The number of nitrogens with one attached hydrogen (secondary N) is 1. The lowest BCUT2D eigenvalue weighted by atomic mass is 9.68. The second kappa shape index (κ2) is 7.59. The molecule has 0 atom stereocenters. The molecule has 2 aliphatic rings. The van der Waals surface area contributed by atoms with E-state index in [1.165, 1.54) is 6.42 Å². The normalized spacial score (nSPS) is 19.9. The van der Waals surface area contributed by atoms with Crippen molar-refractivity contribution >= 4 is 17.5 Å². The van der Waals surface area contributed by atoms with Gasteiger partial charge in [0.15, 0.2) is 0 Å². The number of rotatable bonds is 4. The number of hydrogen-bond donors (Lipinski definition) is 1. The van der Waals surface area contributed by atoms with Gasteiger partial charge in [-0.25, -0.2) is 0 Å². The molecule has 1 saturated carbocycles. The third kappa shape index (κ3) is 3.73. The number of amides is 2. The molecule has 1 aromatic carbocycles. The van der Waals surface area contributed by atoms with Crippen LogP contribution in [0.2, 0.25) is 0 Å². The lowest BCUT2D eigenvalue weighted by Gasteiger charge is -2.39. The molecule has 0 aromatic heterocycles. The molecule has 2 fully saturated rings. The molecular formula is C21H30N2O2. The lowest BCUT2D eigenvalue weighted by Crippen LogP contribution is -2.47. The van der Waals surface area contributed by atoms with E-state index in [-0.39, 0.29) is 17.2 Å². The Morgan fingerprint density at radius 2 is 1.56 bits per heavy atom. The van der Waals surface area contributed by atoms with Crippen LogP contribution < -0.4 is 5.32 Å². The largest absolute Gasteiger partial charge is 0.342 e. The minimum atomic E-state index is -0.358. The molecule has 0 spiro atoms. The van der Waals surface area contributed by atoms with Crippen LogP contribution >= 0.6 is 0 Å². The number of hydrogen-bond acceptors (Lipinski definition) is 2. The highest BCUT2D eigenvalue weighted by Gasteiger charge is 2.43. The second-order valence-corrected chi connectivity index (χ2v) is 7.86. The smallest absolute Gasteiger partial charge is 0.233 e. The Morgan fingerprint density at radius 3 is 2.12 bits per heavy atom. The maximum Gasteiger partial charge on any atom is 0.233 e. The van der Waals surface area contributed by atoms with Gasteiger partial charge in [-0.1, -0.05) is 45.2 Å². The molecular weight excluding hydrogens is 312 g/mol. The summed E-state index contributed by atoms with van der Waals surface area (Å²) < 4.78 is 0. The Morgan fingerprint density at radius 1 is 0.960 bits per heavy atom. The number of carbonyl (C=O) groups excluding carboxylic acids is 2. The number of nitrogens with zero attached hydrogens (tertiary/aromatic N) is 1. The molecule has 3 rings (SSSR count). The van der Waals surface area contributed by atoms with Crippen molar-refractivity contribution < 1.29 is 9.59 Å². The van der Waals surface area contributed by atoms with Gasteiger partial charge in [0.05, 0.1) is 5.41 Å². The minimum absolute atomic E-state index is 0.0215. The van der Waals surface area contributed by atoms with Crippen LogP contribution in [-0.2, 0) is 15.0 Å². The fraction of sp³-hybridized carbons (Fsp3) is 0.619. The highest BCUT2D eigenvalue weighted by atomic mass is 16.2. The SMILES string of the molecule is CC(C)C(=O)Nc1ccc(C2(C(=O)N3CCCC3)CCCCC2)cc1. The highest BCUT2D eigenvalue weighted by Crippen LogP contribution is 2.42. The quantitative estimate of drug-likeness (QED) is 0.895. The van der Waals surface area contributed by atoms with Gasteiger partial charge < -0.3 is 10.2 Å². The van der Waals surface area contributed by atoms with Crippen molar-refractivity contribution in [3.8, 4) is 0 Å². The Balaban J connectivity index is 1.83. The number of anilines is 1. The molecule has 1 N–H and O–H groups in total. The van der Waals surface area contributed by atoms with Gasteiger partial charge in [0.25, 0.3) is 0 Å². The lowest BCUT2D eigenvalue weighted by molar-refractivity contribution is -0.137. The summed E-state index contributed by atoms with van der Waals surface area (Å²) >= 11 is 0. The van der Waals surface area contributed by atoms with E-state index in [4.69, 9.17) is 0 Å². The first-order valence-corrected chi connectivity index (χ1v) is 9.74. The van der Waals surface area contributed by atoms with Crippen molar-refractivity contribution in [3.05, 3.63) is 29.8 Å². The van der Waals surface area contributed by atoms with Crippen LogP contribution in [0.1, 0.15) is 64.4 Å².